The first kappa shape index (κ1) is 8.86. The van der Waals surface area contributed by atoms with E-state index in [1.54, 1.807) is 0 Å². The summed E-state index contributed by atoms with van der Waals surface area (Å²) >= 11 is 0. The molecule has 6 nitrogen and oxygen atoms in total. The summed E-state index contributed by atoms with van der Waals surface area (Å²) in [6.07, 6.45) is 5.20. The van der Waals surface area contributed by atoms with Gasteiger partial charge in [0.2, 0.25) is 12.2 Å². The number of hydrogen-bond acceptors (Lipinski definition) is 4. The minimum absolute atomic E-state index is 0.0313. The lowest BCUT2D eigenvalue weighted by molar-refractivity contribution is -0.389. The van der Waals surface area contributed by atoms with Gasteiger partial charge in [-0.3, -0.25) is 4.79 Å². The lowest BCUT2D eigenvalue weighted by Gasteiger charge is -2.22. The maximum absolute atomic E-state index is 11.6. The number of nitro groups is 1. The standard InChI is InChI=1S/C8H9N3O3/c12-8(6-2-1-3-6)10-4-7(9-5-10)11(13)14/h4-6H,1-3H2. The molecule has 0 aliphatic heterocycles. The second-order valence-electron chi connectivity index (χ2n) is 3.36. The van der Waals surface area contributed by atoms with Crippen molar-refractivity contribution in [2.24, 2.45) is 5.92 Å². The van der Waals surface area contributed by atoms with Crippen molar-refractivity contribution in [2.45, 2.75) is 19.3 Å². The zero-order chi connectivity index (χ0) is 10.1. The number of carbonyl (C=O) groups excluding carboxylic acids is 1. The zero-order valence-electron chi connectivity index (χ0n) is 7.42. The Labute approximate surface area is 79.7 Å². The summed E-state index contributed by atoms with van der Waals surface area (Å²) in [5.74, 6) is -0.335. The average molecular weight is 195 g/mol. The van der Waals surface area contributed by atoms with Crippen molar-refractivity contribution in [1.29, 1.82) is 0 Å². The molecule has 1 aliphatic rings. The van der Waals surface area contributed by atoms with Crippen molar-refractivity contribution in [3.63, 3.8) is 0 Å². The van der Waals surface area contributed by atoms with Gasteiger partial charge in [0.05, 0.1) is 0 Å². The molecule has 6 heteroatoms. The Balaban J connectivity index is 2.15. The second-order valence-corrected chi connectivity index (χ2v) is 3.36. The molecule has 74 valence electrons. The van der Waals surface area contributed by atoms with Crippen LogP contribution in [0.4, 0.5) is 5.82 Å². The second kappa shape index (κ2) is 3.21. The third-order valence-electron chi connectivity index (χ3n) is 2.46. The van der Waals surface area contributed by atoms with Gasteiger partial charge in [-0.2, -0.15) is 0 Å². The van der Waals surface area contributed by atoms with Crippen LogP contribution >= 0.6 is 0 Å². The van der Waals surface area contributed by atoms with Crippen molar-refractivity contribution < 1.29 is 9.72 Å². The molecule has 1 saturated carbocycles. The first-order chi connectivity index (χ1) is 6.68. The molecule has 14 heavy (non-hydrogen) atoms. The monoisotopic (exact) mass is 195 g/mol. The molecule has 0 unspecified atom stereocenters. The molecule has 1 aromatic rings. The quantitative estimate of drug-likeness (QED) is 0.525. The van der Waals surface area contributed by atoms with Gasteiger partial charge in [0.25, 0.3) is 0 Å². The molecule has 1 aromatic heterocycles. The van der Waals surface area contributed by atoms with E-state index in [4.69, 9.17) is 0 Å². The number of hydrogen-bond donors (Lipinski definition) is 0. The molecule has 2 rings (SSSR count). The summed E-state index contributed by atoms with van der Waals surface area (Å²) in [7, 11) is 0. The highest BCUT2D eigenvalue weighted by Gasteiger charge is 2.27. The highest BCUT2D eigenvalue weighted by molar-refractivity contribution is 5.82. The van der Waals surface area contributed by atoms with E-state index >= 15 is 0 Å². The SMILES string of the molecule is O=C(C1CCC1)n1cnc([N+](=O)[O-])c1. The molecule has 0 saturated heterocycles. The first-order valence-electron chi connectivity index (χ1n) is 4.41. The van der Waals surface area contributed by atoms with E-state index in [0.717, 1.165) is 19.3 Å². The zero-order valence-corrected chi connectivity index (χ0v) is 7.42. The molecule has 1 heterocycles. The molecule has 0 aromatic carbocycles. The van der Waals surface area contributed by atoms with Crippen molar-refractivity contribution in [1.82, 2.24) is 9.55 Å². The van der Waals surface area contributed by atoms with E-state index in [1.807, 2.05) is 0 Å². The predicted molar refractivity (Wildman–Crippen MR) is 46.8 cm³/mol. The number of nitrogens with zero attached hydrogens (tertiary/aromatic N) is 3. The van der Waals surface area contributed by atoms with Gasteiger partial charge in [-0.25, -0.2) is 4.57 Å². The Hall–Kier alpha value is -1.72. The smallest absolute Gasteiger partial charge is 0.358 e. The van der Waals surface area contributed by atoms with E-state index in [9.17, 15) is 14.9 Å². The van der Waals surface area contributed by atoms with Gasteiger partial charge in [-0.1, -0.05) is 6.42 Å². The third-order valence-corrected chi connectivity index (χ3v) is 2.46. The maximum Gasteiger partial charge on any atom is 0.381 e. The molecule has 0 radical (unpaired) electrons. The predicted octanol–water partition coefficient (Wildman–Crippen LogP) is 1.23. The average Bonchev–Trinajstić information content (AvgIpc) is 2.48. The largest absolute Gasteiger partial charge is 0.381 e. The first-order valence-corrected chi connectivity index (χ1v) is 4.41. The van der Waals surface area contributed by atoms with Gasteiger partial charge in [0.1, 0.15) is 6.20 Å². The summed E-state index contributed by atoms with van der Waals surface area (Å²) in [6.45, 7) is 0. The van der Waals surface area contributed by atoms with Crippen LogP contribution in [0.25, 0.3) is 0 Å². The lowest BCUT2D eigenvalue weighted by Crippen LogP contribution is -2.26. The van der Waals surface area contributed by atoms with Crippen LogP contribution in [0.1, 0.15) is 24.1 Å². The molecule has 1 aliphatic carbocycles. The van der Waals surface area contributed by atoms with E-state index in [1.165, 1.54) is 17.1 Å². The van der Waals surface area contributed by atoms with Crippen LogP contribution in [-0.4, -0.2) is 20.4 Å². The molecule has 0 bridgehead atoms. The van der Waals surface area contributed by atoms with Crippen molar-refractivity contribution in [3.8, 4) is 0 Å². The normalized spacial score (nSPS) is 16.3. The van der Waals surface area contributed by atoms with Crippen LogP contribution in [0.15, 0.2) is 12.5 Å². The minimum atomic E-state index is -0.607. The summed E-state index contributed by atoms with van der Waals surface area (Å²) in [4.78, 5) is 24.8. The van der Waals surface area contributed by atoms with Gasteiger partial charge in [-0.15, -0.1) is 0 Å². The fourth-order valence-corrected chi connectivity index (χ4v) is 1.39. The van der Waals surface area contributed by atoms with Crippen molar-refractivity contribution in [3.05, 3.63) is 22.6 Å². The Morgan fingerprint density at radius 3 is 2.79 bits per heavy atom. The maximum atomic E-state index is 11.6. The highest BCUT2D eigenvalue weighted by atomic mass is 16.6. The third kappa shape index (κ3) is 1.39. The summed E-state index contributed by atoms with van der Waals surface area (Å²) in [6, 6.07) is 0. The van der Waals surface area contributed by atoms with E-state index < -0.39 is 4.92 Å². The van der Waals surface area contributed by atoms with Crippen LogP contribution in [0.2, 0.25) is 0 Å². The van der Waals surface area contributed by atoms with Crippen molar-refractivity contribution in [2.75, 3.05) is 0 Å². The van der Waals surface area contributed by atoms with Gasteiger partial charge in [-0.05, 0) is 22.7 Å². The number of rotatable bonds is 2. The van der Waals surface area contributed by atoms with Crippen molar-refractivity contribution >= 4 is 11.7 Å². The molecule has 0 N–H and O–H groups in total. The molecular weight excluding hydrogens is 186 g/mol. The van der Waals surface area contributed by atoms with E-state index in [-0.39, 0.29) is 17.6 Å². The van der Waals surface area contributed by atoms with E-state index in [0.29, 0.717) is 0 Å². The Morgan fingerprint density at radius 2 is 2.36 bits per heavy atom. The molecule has 1 fully saturated rings. The fraction of sp³-hybridized carbons (Fsp3) is 0.500. The summed E-state index contributed by atoms with van der Waals surface area (Å²) in [5, 5.41) is 10.3. The van der Waals surface area contributed by atoms with Crippen LogP contribution in [0.5, 0.6) is 0 Å². The van der Waals surface area contributed by atoms with Gasteiger partial charge >= 0.3 is 5.82 Å². The molecule has 0 amide bonds. The van der Waals surface area contributed by atoms with Crippen LogP contribution in [0, 0.1) is 16.0 Å². The van der Waals surface area contributed by atoms with Crippen LogP contribution in [0.3, 0.4) is 0 Å². The fourth-order valence-electron chi connectivity index (χ4n) is 1.39. The lowest BCUT2D eigenvalue weighted by atomic mass is 9.85. The van der Waals surface area contributed by atoms with Gasteiger partial charge in [0, 0.05) is 5.92 Å². The molecule has 0 atom stereocenters. The van der Waals surface area contributed by atoms with Crippen LogP contribution < -0.4 is 0 Å². The topological polar surface area (TPSA) is 78.0 Å². The van der Waals surface area contributed by atoms with Gasteiger partial charge < -0.3 is 10.1 Å². The highest BCUT2D eigenvalue weighted by Crippen LogP contribution is 2.28. The van der Waals surface area contributed by atoms with Gasteiger partial charge in [0.15, 0.2) is 0 Å². The summed E-state index contributed by atoms with van der Waals surface area (Å²) in [5.41, 5.74) is 0. The number of imidazole rings is 1. The molecular formula is C8H9N3O3. The number of aromatic nitrogens is 2. The Kier molecular flexibility index (Phi) is 2.03. The molecule has 0 spiro atoms. The Bertz CT molecular complexity index is 381. The number of carbonyl (C=O) groups is 1. The Morgan fingerprint density at radius 1 is 1.64 bits per heavy atom. The van der Waals surface area contributed by atoms with E-state index in [2.05, 4.69) is 4.98 Å². The minimum Gasteiger partial charge on any atom is -0.358 e. The summed E-state index contributed by atoms with van der Waals surface area (Å²) < 4.78 is 1.21. The van der Waals surface area contributed by atoms with Crippen LogP contribution in [-0.2, 0) is 0 Å².